The van der Waals surface area contributed by atoms with Crippen molar-refractivity contribution in [2.24, 2.45) is 0 Å². The van der Waals surface area contributed by atoms with E-state index in [1.807, 2.05) is 0 Å². The molecule has 2 amide bonds. The molecule has 0 fully saturated rings. The third-order valence-electron chi connectivity index (χ3n) is 5.77. The lowest BCUT2D eigenvalue weighted by Crippen LogP contribution is -2.54. The molecule has 0 saturated heterocycles. The number of rotatable bonds is 6. The Hall–Kier alpha value is -4.72. The van der Waals surface area contributed by atoms with Crippen molar-refractivity contribution in [1.82, 2.24) is 34.6 Å². The topological polar surface area (TPSA) is 155 Å². The standard InChI is InChI=1S/C23H22FN9O4/c1-12-15(24)7-14(8-25-12)16-5-4-6-17(28-16)29-18(34)9-32-11-26-21-20(32)22(35)33(23(36)31(21)3)10-19-27-13(2)30-37-19/h4-8,11,23,36H,9-10H2,1-3H3,(H,28,29,34). The summed E-state index contributed by atoms with van der Waals surface area (Å²) >= 11 is 0. The number of hydrogen-bond donors (Lipinski definition) is 2. The van der Waals surface area contributed by atoms with Crippen molar-refractivity contribution in [3.05, 3.63) is 65.7 Å². The number of aliphatic hydroxyl groups excluding tert-OH is 1. The van der Waals surface area contributed by atoms with Crippen LogP contribution in [0.1, 0.15) is 27.9 Å². The molecule has 0 spiro atoms. The number of anilines is 2. The highest BCUT2D eigenvalue weighted by Crippen LogP contribution is 2.29. The minimum Gasteiger partial charge on any atom is -0.356 e. The van der Waals surface area contributed by atoms with E-state index in [9.17, 15) is 19.1 Å². The van der Waals surface area contributed by atoms with Gasteiger partial charge in [0.1, 0.15) is 24.7 Å². The SMILES string of the molecule is Cc1noc(CN2C(=O)c3c(ncn3CC(=O)Nc3cccc(-c4cnc(C)c(F)c4)n3)N(C)C2O)n1. The van der Waals surface area contributed by atoms with Gasteiger partial charge in [-0.3, -0.25) is 19.5 Å². The van der Waals surface area contributed by atoms with Crippen molar-refractivity contribution < 1.29 is 23.6 Å². The molecule has 0 bridgehead atoms. The summed E-state index contributed by atoms with van der Waals surface area (Å²) in [4.78, 5) is 45.3. The number of carbonyl (C=O) groups excluding carboxylic acids is 2. The summed E-state index contributed by atoms with van der Waals surface area (Å²) in [6.45, 7) is 2.82. The molecule has 5 heterocycles. The predicted octanol–water partition coefficient (Wildman–Crippen LogP) is 1.49. The van der Waals surface area contributed by atoms with Gasteiger partial charge in [0.15, 0.2) is 17.3 Å². The van der Waals surface area contributed by atoms with E-state index in [0.717, 1.165) is 4.90 Å². The van der Waals surface area contributed by atoms with Gasteiger partial charge in [-0.25, -0.2) is 14.4 Å². The van der Waals surface area contributed by atoms with Crippen LogP contribution in [0, 0.1) is 19.7 Å². The molecule has 0 radical (unpaired) electrons. The molecule has 1 unspecified atom stereocenters. The number of pyridine rings is 2. The molecule has 0 saturated carbocycles. The molecule has 13 nitrogen and oxygen atoms in total. The van der Waals surface area contributed by atoms with Gasteiger partial charge in [-0.1, -0.05) is 11.2 Å². The average molecular weight is 507 g/mol. The monoisotopic (exact) mass is 507 g/mol. The van der Waals surface area contributed by atoms with Crippen molar-refractivity contribution in [2.75, 3.05) is 17.3 Å². The molecule has 5 rings (SSSR count). The second-order valence-corrected chi connectivity index (χ2v) is 8.42. The van der Waals surface area contributed by atoms with Crippen LogP contribution >= 0.6 is 0 Å². The van der Waals surface area contributed by atoms with E-state index in [2.05, 4.69) is 30.4 Å². The summed E-state index contributed by atoms with van der Waals surface area (Å²) < 4.78 is 20.4. The number of carbonyl (C=O) groups is 2. The van der Waals surface area contributed by atoms with E-state index in [0.29, 0.717) is 17.1 Å². The lowest BCUT2D eigenvalue weighted by atomic mass is 10.1. The van der Waals surface area contributed by atoms with Crippen LogP contribution in [0.15, 0.2) is 41.3 Å². The van der Waals surface area contributed by atoms with Gasteiger partial charge in [-0.2, -0.15) is 4.98 Å². The first kappa shape index (κ1) is 24.0. The van der Waals surface area contributed by atoms with Gasteiger partial charge in [0.05, 0.1) is 17.7 Å². The lowest BCUT2D eigenvalue weighted by Gasteiger charge is -2.37. The summed E-state index contributed by atoms with van der Waals surface area (Å²) in [6, 6.07) is 6.26. The first-order chi connectivity index (χ1) is 17.7. The molecule has 1 aliphatic heterocycles. The van der Waals surface area contributed by atoms with Gasteiger partial charge >= 0.3 is 0 Å². The minimum absolute atomic E-state index is 0.113. The highest BCUT2D eigenvalue weighted by Gasteiger charge is 2.39. The molecular formula is C23H22FN9O4. The molecule has 4 aromatic rings. The Labute approximate surface area is 209 Å². The molecule has 190 valence electrons. The molecule has 37 heavy (non-hydrogen) atoms. The second-order valence-electron chi connectivity index (χ2n) is 8.42. The zero-order chi connectivity index (χ0) is 26.3. The molecular weight excluding hydrogens is 485 g/mol. The van der Waals surface area contributed by atoms with Crippen molar-refractivity contribution >= 4 is 23.5 Å². The van der Waals surface area contributed by atoms with Crippen LogP contribution in [0.25, 0.3) is 11.3 Å². The number of fused-ring (bicyclic) bond motifs is 1. The number of hydrogen-bond acceptors (Lipinski definition) is 10. The maximum Gasteiger partial charge on any atom is 0.278 e. The van der Waals surface area contributed by atoms with Crippen LogP contribution in [-0.4, -0.2) is 64.9 Å². The summed E-state index contributed by atoms with van der Waals surface area (Å²) in [7, 11) is 1.57. The van der Waals surface area contributed by atoms with Gasteiger partial charge < -0.3 is 24.4 Å². The van der Waals surface area contributed by atoms with Gasteiger partial charge in [-0.15, -0.1) is 0 Å². The Morgan fingerprint density at radius 1 is 1.24 bits per heavy atom. The quantitative estimate of drug-likeness (QED) is 0.392. The van der Waals surface area contributed by atoms with Crippen LogP contribution in [0.2, 0.25) is 0 Å². The number of nitrogens with zero attached hydrogens (tertiary/aromatic N) is 8. The number of halogens is 1. The molecule has 2 N–H and O–H groups in total. The van der Waals surface area contributed by atoms with E-state index in [1.165, 1.54) is 28.1 Å². The van der Waals surface area contributed by atoms with Gasteiger partial charge in [-0.05, 0) is 32.0 Å². The molecule has 0 aromatic carbocycles. The number of aryl methyl sites for hydroxylation is 2. The third-order valence-corrected chi connectivity index (χ3v) is 5.77. The van der Waals surface area contributed by atoms with Crippen molar-refractivity contribution in [1.29, 1.82) is 0 Å². The number of nitrogens with one attached hydrogen (secondary N) is 1. The van der Waals surface area contributed by atoms with Crippen LogP contribution < -0.4 is 10.2 Å². The van der Waals surface area contributed by atoms with Crippen LogP contribution in [0.3, 0.4) is 0 Å². The average Bonchev–Trinajstić information content (AvgIpc) is 3.48. The normalized spacial score (nSPS) is 15.2. The number of aromatic nitrogens is 6. The molecule has 1 aliphatic rings. The maximum atomic E-state index is 13.9. The van der Waals surface area contributed by atoms with E-state index in [4.69, 9.17) is 4.52 Å². The fraction of sp³-hybridized carbons (Fsp3) is 0.261. The second kappa shape index (κ2) is 9.39. The first-order valence-electron chi connectivity index (χ1n) is 11.2. The summed E-state index contributed by atoms with van der Waals surface area (Å²) in [5, 5.41) is 17.0. The molecule has 1 atom stereocenters. The highest BCUT2D eigenvalue weighted by atomic mass is 19.1. The third kappa shape index (κ3) is 4.61. The Morgan fingerprint density at radius 2 is 2.05 bits per heavy atom. The number of imidazole rings is 1. The zero-order valence-electron chi connectivity index (χ0n) is 20.1. The van der Waals surface area contributed by atoms with E-state index < -0.39 is 24.0 Å². The number of amides is 2. The lowest BCUT2D eigenvalue weighted by molar-refractivity contribution is -0.116. The Bertz CT molecular complexity index is 1500. The van der Waals surface area contributed by atoms with Crippen LogP contribution in [-0.2, 0) is 17.9 Å². The van der Waals surface area contributed by atoms with Crippen molar-refractivity contribution in [3.63, 3.8) is 0 Å². The van der Waals surface area contributed by atoms with Gasteiger partial charge in [0, 0.05) is 18.8 Å². The van der Waals surface area contributed by atoms with Crippen LogP contribution in [0.4, 0.5) is 16.0 Å². The van der Waals surface area contributed by atoms with Crippen LogP contribution in [0.5, 0.6) is 0 Å². The zero-order valence-corrected chi connectivity index (χ0v) is 20.1. The van der Waals surface area contributed by atoms with Gasteiger partial charge in [0.2, 0.25) is 18.1 Å². The summed E-state index contributed by atoms with van der Waals surface area (Å²) in [6.07, 6.45) is 1.52. The fourth-order valence-electron chi connectivity index (χ4n) is 3.88. The Kier molecular flexibility index (Phi) is 6.09. The fourth-order valence-corrected chi connectivity index (χ4v) is 3.88. The molecule has 14 heteroatoms. The van der Waals surface area contributed by atoms with Crippen molar-refractivity contribution in [3.8, 4) is 11.3 Å². The van der Waals surface area contributed by atoms with E-state index in [-0.39, 0.29) is 42.0 Å². The molecule has 0 aliphatic carbocycles. The summed E-state index contributed by atoms with van der Waals surface area (Å²) in [5.41, 5.74) is 1.28. The van der Waals surface area contributed by atoms with E-state index in [1.54, 1.807) is 39.1 Å². The molecule has 4 aromatic heterocycles. The maximum absolute atomic E-state index is 13.9. The minimum atomic E-state index is -1.32. The first-order valence-corrected chi connectivity index (χ1v) is 11.2. The van der Waals surface area contributed by atoms with Gasteiger partial charge in [0.25, 0.3) is 5.91 Å². The predicted molar refractivity (Wildman–Crippen MR) is 126 cm³/mol. The number of aliphatic hydroxyl groups is 1. The Morgan fingerprint density at radius 3 is 2.78 bits per heavy atom. The highest BCUT2D eigenvalue weighted by molar-refractivity contribution is 6.00. The van der Waals surface area contributed by atoms with E-state index >= 15 is 0 Å². The summed E-state index contributed by atoms with van der Waals surface area (Å²) in [5.74, 6) is -0.482. The largest absolute Gasteiger partial charge is 0.356 e. The Balaban J connectivity index is 1.34. The van der Waals surface area contributed by atoms with Crippen molar-refractivity contribution in [2.45, 2.75) is 33.3 Å². The smallest absolute Gasteiger partial charge is 0.278 e.